The van der Waals surface area contributed by atoms with Crippen LogP contribution in [-0.4, -0.2) is 19.2 Å². The zero-order valence-corrected chi connectivity index (χ0v) is 8.07. The van der Waals surface area contributed by atoms with E-state index < -0.39 is 0 Å². The highest BCUT2D eigenvalue weighted by molar-refractivity contribution is 5.61. The average molecular weight is 179 g/mol. The second kappa shape index (κ2) is 4.50. The Morgan fingerprint density at radius 1 is 1.38 bits per heavy atom. The number of methoxy groups -OCH3 is 2. The summed E-state index contributed by atoms with van der Waals surface area (Å²) in [6.07, 6.45) is 3.44. The van der Waals surface area contributed by atoms with Crippen molar-refractivity contribution in [3.05, 3.63) is 30.2 Å². The van der Waals surface area contributed by atoms with Crippen molar-refractivity contribution in [1.82, 2.24) is 4.98 Å². The van der Waals surface area contributed by atoms with Crippen LogP contribution in [0.1, 0.15) is 12.5 Å². The first-order chi connectivity index (χ1) is 6.27. The van der Waals surface area contributed by atoms with Gasteiger partial charge >= 0.3 is 0 Å². The van der Waals surface area contributed by atoms with Crippen LogP contribution in [0.4, 0.5) is 0 Å². The SMILES string of the molecule is COC=C(C)c1ccc(OC)nc1. The van der Waals surface area contributed by atoms with Crippen LogP contribution < -0.4 is 4.74 Å². The molecule has 0 saturated carbocycles. The van der Waals surface area contributed by atoms with Crippen molar-refractivity contribution in [2.75, 3.05) is 14.2 Å². The molecule has 1 rings (SSSR count). The van der Waals surface area contributed by atoms with E-state index in [1.807, 2.05) is 19.1 Å². The number of hydrogen-bond acceptors (Lipinski definition) is 3. The number of pyridine rings is 1. The molecule has 1 heterocycles. The van der Waals surface area contributed by atoms with Gasteiger partial charge in [0.15, 0.2) is 0 Å². The van der Waals surface area contributed by atoms with Gasteiger partial charge in [0.25, 0.3) is 0 Å². The van der Waals surface area contributed by atoms with Crippen LogP contribution in [0.25, 0.3) is 5.57 Å². The molecule has 70 valence electrons. The van der Waals surface area contributed by atoms with Crippen molar-refractivity contribution in [2.24, 2.45) is 0 Å². The highest BCUT2D eigenvalue weighted by Gasteiger charge is 1.97. The first kappa shape index (κ1) is 9.58. The van der Waals surface area contributed by atoms with Gasteiger partial charge in [-0.3, -0.25) is 0 Å². The molecular formula is C10H13NO2. The van der Waals surface area contributed by atoms with E-state index in [0.717, 1.165) is 11.1 Å². The lowest BCUT2D eigenvalue weighted by Gasteiger charge is -2.02. The van der Waals surface area contributed by atoms with Crippen molar-refractivity contribution >= 4 is 5.57 Å². The fourth-order valence-electron chi connectivity index (χ4n) is 0.979. The topological polar surface area (TPSA) is 31.4 Å². The number of rotatable bonds is 3. The minimum atomic E-state index is 0.619. The van der Waals surface area contributed by atoms with Crippen molar-refractivity contribution in [3.63, 3.8) is 0 Å². The number of hydrogen-bond donors (Lipinski definition) is 0. The van der Waals surface area contributed by atoms with Crippen LogP contribution in [-0.2, 0) is 4.74 Å². The summed E-state index contributed by atoms with van der Waals surface area (Å²) in [4.78, 5) is 4.08. The molecule has 0 bridgehead atoms. The summed E-state index contributed by atoms with van der Waals surface area (Å²) in [5.41, 5.74) is 2.07. The molecule has 0 aromatic carbocycles. The summed E-state index contributed by atoms with van der Waals surface area (Å²) in [6.45, 7) is 1.97. The Kier molecular flexibility index (Phi) is 3.31. The molecule has 0 spiro atoms. The molecule has 0 amide bonds. The highest BCUT2D eigenvalue weighted by atomic mass is 16.5. The maximum absolute atomic E-state index is 4.95. The van der Waals surface area contributed by atoms with E-state index in [1.165, 1.54) is 0 Å². The van der Waals surface area contributed by atoms with Gasteiger partial charge in [0.1, 0.15) is 0 Å². The Hall–Kier alpha value is -1.51. The van der Waals surface area contributed by atoms with Crippen LogP contribution in [0.15, 0.2) is 24.6 Å². The van der Waals surface area contributed by atoms with Crippen LogP contribution >= 0.6 is 0 Å². The molecule has 1 aromatic rings. The van der Waals surface area contributed by atoms with Gasteiger partial charge in [-0.1, -0.05) is 0 Å². The van der Waals surface area contributed by atoms with Crippen molar-refractivity contribution in [2.45, 2.75) is 6.92 Å². The van der Waals surface area contributed by atoms with E-state index in [2.05, 4.69) is 4.98 Å². The van der Waals surface area contributed by atoms with E-state index in [-0.39, 0.29) is 0 Å². The fourth-order valence-corrected chi connectivity index (χ4v) is 0.979. The van der Waals surface area contributed by atoms with Gasteiger partial charge in [-0.05, 0) is 24.1 Å². The second-order valence-corrected chi connectivity index (χ2v) is 2.63. The average Bonchev–Trinajstić information content (AvgIpc) is 2.18. The monoisotopic (exact) mass is 179 g/mol. The maximum atomic E-state index is 4.95. The molecule has 0 radical (unpaired) electrons. The van der Waals surface area contributed by atoms with Gasteiger partial charge in [-0.15, -0.1) is 0 Å². The molecule has 0 aliphatic carbocycles. The molecule has 0 aliphatic heterocycles. The zero-order valence-electron chi connectivity index (χ0n) is 8.07. The first-order valence-corrected chi connectivity index (χ1v) is 3.98. The standard InChI is InChI=1S/C10H13NO2/c1-8(7-12-2)9-4-5-10(13-3)11-6-9/h4-7H,1-3H3. The third kappa shape index (κ3) is 2.47. The molecule has 0 N–H and O–H groups in total. The van der Waals surface area contributed by atoms with E-state index in [4.69, 9.17) is 9.47 Å². The molecule has 0 fully saturated rings. The molecule has 0 unspecified atom stereocenters. The summed E-state index contributed by atoms with van der Waals surface area (Å²) in [5.74, 6) is 0.619. The molecule has 0 atom stereocenters. The van der Waals surface area contributed by atoms with Gasteiger partial charge < -0.3 is 9.47 Å². The van der Waals surface area contributed by atoms with E-state index in [9.17, 15) is 0 Å². The quantitative estimate of drug-likeness (QED) is 0.666. The van der Waals surface area contributed by atoms with Gasteiger partial charge in [0.2, 0.25) is 5.88 Å². The zero-order chi connectivity index (χ0) is 9.68. The molecule has 0 aliphatic rings. The van der Waals surface area contributed by atoms with Gasteiger partial charge in [-0.2, -0.15) is 0 Å². The van der Waals surface area contributed by atoms with Crippen LogP contribution in [0.5, 0.6) is 5.88 Å². The van der Waals surface area contributed by atoms with Crippen molar-refractivity contribution < 1.29 is 9.47 Å². The summed E-state index contributed by atoms with van der Waals surface area (Å²) in [5, 5.41) is 0. The number of aromatic nitrogens is 1. The van der Waals surface area contributed by atoms with E-state index in [1.54, 1.807) is 26.7 Å². The molecule has 3 heteroatoms. The Balaban J connectivity index is 2.85. The Morgan fingerprint density at radius 2 is 2.15 bits per heavy atom. The molecule has 1 aromatic heterocycles. The lowest BCUT2D eigenvalue weighted by atomic mass is 10.1. The first-order valence-electron chi connectivity index (χ1n) is 3.98. The Labute approximate surface area is 78.0 Å². The second-order valence-electron chi connectivity index (χ2n) is 2.63. The van der Waals surface area contributed by atoms with Gasteiger partial charge in [0.05, 0.1) is 20.5 Å². The lowest BCUT2D eigenvalue weighted by molar-refractivity contribution is 0.339. The minimum Gasteiger partial charge on any atom is -0.504 e. The van der Waals surface area contributed by atoms with E-state index >= 15 is 0 Å². The lowest BCUT2D eigenvalue weighted by Crippen LogP contribution is -1.88. The minimum absolute atomic E-state index is 0.619. The van der Waals surface area contributed by atoms with E-state index in [0.29, 0.717) is 5.88 Å². The number of ether oxygens (including phenoxy) is 2. The predicted molar refractivity (Wildman–Crippen MR) is 51.4 cm³/mol. The van der Waals surface area contributed by atoms with Crippen LogP contribution in [0.2, 0.25) is 0 Å². The number of nitrogens with zero attached hydrogens (tertiary/aromatic N) is 1. The van der Waals surface area contributed by atoms with Crippen LogP contribution in [0.3, 0.4) is 0 Å². The fraction of sp³-hybridized carbons (Fsp3) is 0.300. The number of allylic oxidation sites excluding steroid dienone is 1. The predicted octanol–water partition coefficient (Wildman–Crippen LogP) is 2.10. The molecule has 13 heavy (non-hydrogen) atoms. The molecule has 3 nitrogen and oxygen atoms in total. The largest absolute Gasteiger partial charge is 0.504 e. The normalized spacial score (nSPS) is 11.2. The van der Waals surface area contributed by atoms with Crippen molar-refractivity contribution in [3.8, 4) is 5.88 Å². The smallest absolute Gasteiger partial charge is 0.212 e. The third-order valence-electron chi connectivity index (χ3n) is 1.70. The van der Waals surface area contributed by atoms with Crippen molar-refractivity contribution in [1.29, 1.82) is 0 Å². The Bertz CT molecular complexity index is 290. The highest BCUT2D eigenvalue weighted by Crippen LogP contribution is 2.14. The Morgan fingerprint density at radius 3 is 2.62 bits per heavy atom. The van der Waals surface area contributed by atoms with Gasteiger partial charge in [-0.25, -0.2) is 4.98 Å². The molecule has 0 saturated heterocycles. The summed E-state index contributed by atoms with van der Waals surface area (Å²) >= 11 is 0. The maximum Gasteiger partial charge on any atom is 0.212 e. The van der Waals surface area contributed by atoms with Gasteiger partial charge in [0, 0.05) is 12.3 Å². The summed E-state index contributed by atoms with van der Waals surface area (Å²) in [6, 6.07) is 3.76. The summed E-state index contributed by atoms with van der Waals surface area (Å²) in [7, 11) is 3.22. The third-order valence-corrected chi connectivity index (χ3v) is 1.70. The molecular weight excluding hydrogens is 166 g/mol. The summed E-state index contributed by atoms with van der Waals surface area (Å²) < 4.78 is 9.84. The van der Waals surface area contributed by atoms with Crippen LogP contribution in [0, 0.1) is 0 Å².